The van der Waals surface area contributed by atoms with E-state index in [2.05, 4.69) is 10.0 Å². The number of amides is 1. The SMILES string of the molecule is [N-]=[N+]=NC(=O)OCC(COCC1CO1)(COCC1CO1)COCC1CO1. The normalized spacial score (nSPS) is 27.9. The van der Waals surface area contributed by atoms with Gasteiger partial charge in [-0.25, -0.2) is 4.79 Å². The number of ether oxygens (including phenoxy) is 7. The van der Waals surface area contributed by atoms with Gasteiger partial charge in [-0.05, 0) is 5.53 Å². The zero-order valence-electron chi connectivity index (χ0n) is 14.4. The van der Waals surface area contributed by atoms with E-state index in [1.165, 1.54) is 0 Å². The molecule has 0 aromatic carbocycles. The fraction of sp³-hybridized carbons (Fsp3) is 0.933. The Morgan fingerprint density at radius 2 is 1.35 bits per heavy atom. The molecule has 0 radical (unpaired) electrons. The Balaban J connectivity index is 1.54. The van der Waals surface area contributed by atoms with E-state index >= 15 is 0 Å². The van der Waals surface area contributed by atoms with E-state index in [9.17, 15) is 4.79 Å². The molecule has 3 fully saturated rings. The lowest BCUT2D eigenvalue weighted by Crippen LogP contribution is -2.43. The zero-order chi connectivity index (χ0) is 18.2. The minimum absolute atomic E-state index is 0.0621. The molecule has 3 atom stereocenters. The van der Waals surface area contributed by atoms with Crippen molar-refractivity contribution in [3.8, 4) is 0 Å². The molecule has 146 valence electrons. The smallest absolute Gasteiger partial charge is 0.396 e. The van der Waals surface area contributed by atoms with Crippen molar-refractivity contribution >= 4 is 6.09 Å². The van der Waals surface area contributed by atoms with E-state index in [1.54, 1.807) is 0 Å². The molecule has 0 bridgehead atoms. The van der Waals surface area contributed by atoms with Crippen molar-refractivity contribution in [2.45, 2.75) is 18.3 Å². The lowest BCUT2D eigenvalue weighted by atomic mass is 9.92. The Hall–Kier alpha value is -1.46. The van der Waals surface area contributed by atoms with Crippen molar-refractivity contribution in [1.29, 1.82) is 0 Å². The van der Waals surface area contributed by atoms with E-state index in [0.29, 0.717) is 39.6 Å². The summed E-state index contributed by atoms with van der Waals surface area (Å²) in [6, 6.07) is 0. The summed E-state index contributed by atoms with van der Waals surface area (Å²) in [6.45, 7) is 4.07. The highest BCUT2D eigenvalue weighted by Gasteiger charge is 2.37. The molecule has 0 aromatic heterocycles. The van der Waals surface area contributed by atoms with Crippen LogP contribution < -0.4 is 0 Å². The first-order valence-corrected chi connectivity index (χ1v) is 8.49. The lowest BCUT2D eigenvalue weighted by Gasteiger charge is -2.32. The largest absolute Gasteiger partial charge is 0.460 e. The van der Waals surface area contributed by atoms with Gasteiger partial charge in [-0.15, -0.1) is 0 Å². The first-order valence-electron chi connectivity index (χ1n) is 8.49. The van der Waals surface area contributed by atoms with Crippen LogP contribution in [-0.2, 0) is 33.2 Å². The maximum Gasteiger partial charge on any atom is 0.396 e. The summed E-state index contributed by atoms with van der Waals surface area (Å²) in [5.74, 6) is 0. The molecule has 26 heavy (non-hydrogen) atoms. The number of carbonyl (C=O) groups is 1. The summed E-state index contributed by atoms with van der Waals surface area (Å²) in [7, 11) is 0. The van der Waals surface area contributed by atoms with Crippen molar-refractivity contribution in [2.75, 3.05) is 66.1 Å². The Kier molecular flexibility index (Phi) is 7.03. The maximum absolute atomic E-state index is 11.4. The Morgan fingerprint density at radius 1 is 0.923 bits per heavy atom. The third-order valence-electron chi connectivity index (χ3n) is 3.97. The quantitative estimate of drug-likeness (QED) is 0.187. The van der Waals surface area contributed by atoms with E-state index in [4.69, 9.17) is 38.7 Å². The van der Waals surface area contributed by atoms with Crippen LogP contribution in [0.2, 0.25) is 0 Å². The molecule has 3 rings (SSSR count). The van der Waals surface area contributed by atoms with E-state index in [1.807, 2.05) is 0 Å². The number of azide groups is 1. The summed E-state index contributed by atoms with van der Waals surface area (Å²) in [6.07, 6.45) is -0.668. The predicted octanol–water partition coefficient (Wildman–Crippen LogP) is 0.666. The molecule has 0 spiro atoms. The third kappa shape index (κ3) is 7.42. The average Bonchev–Trinajstić information content (AvgIpc) is 3.45. The maximum atomic E-state index is 11.4. The molecule has 3 unspecified atom stereocenters. The highest BCUT2D eigenvalue weighted by molar-refractivity contribution is 5.67. The van der Waals surface area contributed by atoms with Crippen molar-refractivity contribution < 1.29 is 38.0 Å². The predicted molar refractivity (Wildman–Crippen MR) is 84.6 cm³/mol. The number of epoxide rings is 3. The van der Waals surface area contributed by atoms with Gasteiger partial charge < -0.3 is 33.2 Å². The second-order valence-electron chi connectivity index (χ2n) is 6.66. The molecule has 11 nitrogen and oxygen atoms in total. The van der Waals surface area contributed by atoms with Gasteiger partial charge in [0.05, 0.1) is 64.9 Å². The molecule has 3 heterocycles. The van der Waals surface area contributed by atoms with Gasteiger partial charge in [-0.2, -0.15) is 0 Å². The van der Waals surface area contributed by atoms with Gasteiger partial charge in [0.25, 0.3) is 0 Å². The van der Waals surface area contributed by atoms with Crippen LogP contribution in [0.1, 0.15) is 0 Å². The van der Waals surface area contributed by atoms with Crippen LogP contribution in [0, 0.1) is 5.41 Å². The van der Waals surface area contributed by atoms with Crippen molar-refractivity contribution in [2.24, 2.45) is 10.5 Å². The molecule has 0 saturated carbocycles. The van der Waals surface area contributed by atoms with Gasteiger partial charge in [0.2, 0.25) is 0 Å². The van der Waals surface area contributed by atoms with Crippen LogP contribution in [0.5, 0.6) is 0 Å². The van der Waals surface area contributed by atoms with Crippen LogP contribution in [0.4, 0.5) is 4.79 Å². The van der Waals surface area contributed by atoms with E-state index in [-0.39, 0.29) is 44.7 Å². The zero-order valence-corrected chi connectivity index (χ0v) is 14.4. The number of nitrogens with zero attached hydrogens (tertiary/aromatic N) is 3. The van der Waals surface area contributed by atoms with E-state index in [0.717, 1.165) is 0 Å². The molecule has 3 aliphatic heterocycles. The summed E-state index contributed by atoms with van der Waals surface area (Å²) in [5, 5.41) is 2.92. The summed E-state index contributed by atoms with van der Waals surface area (Å²) < 4.78 is 37.6. The second-order valence-corrected chi connectivity index (χ2v) is 6.66. The van der Waals surface area contributed by atoms with Gasteiger partial charge in [0.1, 0.15) is 24.9 Å². The highest BCUT2D eigenvalue weighted by Crippen LogP contribution is 2.24. The van der Waals surface area contributed by atoms with Crippen LogP contribution in [-0.4, -0.2) is 90.5 Å². The molecule has 3 saturated heterocycles. The fourth-order valence-corrected chi connectivity index (χ4v) is 2.24. The summed E-state index contributed by atoms with van der Waals surface area (Å²) >= 11 is 0. The van der Waals surface area contributed by atoms with Crippen molar-refractivity contribution in [3.05, 3.63) is 10.4 Å². The number of hydrogen-bond acceptors (Lipinski definition) is 8. The van der Waals surface area contributed by atoms with Gasteiger partial charge in [-0.3, -0.25) is 0 Å². The molecular formula is C15H23N3O8. The monoisotopic (exact) mass is 373 g/mol. The highest BCUT2D eigenvalue weighted by atomic mass is 16.6. The lowest BCUT2D eigenvalue weighted by molar-refractivity contribution is -0.0972. The van der Waals surface area contributed by atoms with E-state index < -0.39 is 11.5 Å². The van der Waals surface area contributed by atoms with Crippen LogP contribution >= 0.6 is 0 Å². The Labute approximate surface area is 150 Å². The molecule has 1 amide bonds. The molecule has 3 aliphatic rings. The molecule has 0 N–H and O–H groups in total. The van der Waals surface area contributed by atoms with Crippen LogP contribution in [0.3, 0.4) is 0 Å². The Morgan fingerprint density at radius 3 is 1.69 bits per heavy atom. The van der Waals surface area contributed by atoms with Crippen molar-refractivity contribution in [1.82, 2.24) is 0 Å². The van der Waals surface area contributed by atoms with Gasteiger partial charge in [0, 0.05) is 10.0 Å². The second kappa shape index (κ2) is 9.47. The molecule has 11 heteroatoms. The first-order chi connectivity index (χ1) is 12.7. The Bertz CT molecular complexity index is 469. The van der Waals surface area contributed by atoms with Gasteiger partial charge in [-0.1, -0.05) is 0 Å². The standard InChI is InChI=1S/C15H23N3O8/c16-18-17-14(19)26-10-15(7-20-1-11-4-23-11,8-21-2-12-5-24-12)9-22-3-13-6-25-13/h11-13H,1-10H2. The number of carbonyl (C=O) groups excluding carboxylic acids is 1. The number of rotatable bonds is 14. The average molecular weight is 373 g/mol. The minimum atomic E-state index is -1.00. The summed E-state index contributed by atoms with van der Waals surface area (Å²) in [5.41, 5.74) is 7.60. The molecule has 0 aliphatic carbocycles. The number of hydrogen-bond donors (Lipinski definition) is 0. The van der Waals surface area contributed by atoms with Crippen molar-refractivity contribution in [3.63, 3.8) is 0 Å². The topological polar surface area (TPSA) is 140 Å². The van der Waals surface area contributed by atoms with Crippen LogP contribution in [0.15, 0.2) is 5.11 Å². The minimum Gasteiger partial charge on any atom is -0.460 e. The third-order valence-corrected chi connectivity index (χ3v) is 3.97. The fourth-order valence-electron chi connectivity index (χ4n) is 2.24. The molecule has 0 aromatic rings. The molecular weight excluding hydrogens is 350 g/mol. The first kappa shape index (κ1) is 19.3. The van der Waals surface area contributed by atoms with Gasteiger partial charge >= 0.3 is 6.09 Å². The van der Waals surface area contributed by atoms with Gasteiger partial charge in [0.15, 0.2) is 0 Å². The van der Waals surface area contributed by atoms with Crippen LogP contribution in [0.25, 0.3) is 10.4 Å². The summed E-state index contributed by atoms with van der Waals surface area (Å²) in [4.78, 5) is 13.9.